The molecule has 2 heterocycles. The van der Waals surface area contributed by atoms with E-state index in [4.69, 9.17) is 0 Å². The summed E-state index contributed by atoms with van der Waals surface area (Å²) in [4.78, 5) is 13.5. The van der Waals surface area contributed by atoms with Gasteiger partial charge in [0, 0.05) is 18.0 Å². The van der Waals surface area contributed by atoms with Crippen LogP contribution in [0.3, 0.4) is 0 Å². The highest BCUT2D eigenvalue weighted by molar-refractivity contribution is 7.89. The maximum Gasteiger partial charge on any atom is 0.224 e. The van der Waals surface area contributed by atoms with Gasteiger partial charge in [-0.05, 0) is 37.6 Å². The zero-order chi connectivity index (χ0) is 16.2. The van der Waals surface area contributed by atoms with E-state index in [1.54, 1.807) is 11.3 Å². The summed E-state index contributed by atoms with van der Waals surface area (Å²) in [6.45, 7) is 4.66. The number of piperidine rings is 1. The molecule has 1 fully saturated rings. The highest BCUT2D eigenvalue weighted by Crippen LogP contribution is 2.23. The lowest BCUT2D eigenvalue weighted by atomic mass is 9.98. The van der Waals surface area contributed by atoms with Gasteiger partial charge in [-0.2, -0.15) is 0 Å². The molecule has 7 heteroatoms. The average Bonchev–Trinajstić information content (AvgIpc) is 3.01. The first-order valence-electron chi connectivity index (χ1n) is 7.75. The molecule has 1 aliphatic heterocycles. The standard InChI is InChI=1S/C15H24N2O3S2/c1-3-10-22(19,20)17-8-4-6-13(11-17)15(18)16-12(2)14-7-5-9-21-14/h5,7,9,12-13H,3-4,6,8,10-11H2,1-2H3,(H,16,18)/t12-,13+/m0/s1. The van der Waals surface area contributed by atoms with Gasteiger partial charge < -0.3 is 5.32 Å². The zero-order valence-corrected chi connectivity index (χ0v) is 14.8. The van der Waals surface area contributed by atoms with Crippen LogP contribution in [0, 0.1) is 5.92 Å². The molecule has 0 radical (unpaired) electrons. The van der Waals surface area contributed by atoms with E-state index in [0.29, 0.717) is 19.5 Å². The van der Waals surface area contributed by atoms with E-state index in [1.165, 1.54) is 4.31 Å². The molecule has 1 amide bonds. The van der Waals surface area contributed by atoms with Gasteiger partial charge in [0.15, 0.2) is 0 Å². The Kier molecular flexibility index (Phi) is 6.00. The maximum absolute atomic E-state index is 12.4. The summed E-state index contributed by atoms with van der Waals surface area (Å²) in [5.41, 5.74) is 0. The molecule has 5 nitrogen and oxygen atoms in total. The summed E-state index contributed by atoms with van der Waals surface area (Å²) in [6, 6.07) is 3.92. The first-order valence-corrected chi connectivity index (χ1v) is 10.2. The minimum Gasteiger partial charge on any atom is -0.348 e. The molecule has 0 spiro atoms. The number of thiophene rings is 1. The SMILES string of the molecule is CCCS(=O)(=O)N1CCC[C@@H](C(=O)N[C@@H](C)c2cccs2)C1. The van der Waals surface area contributed by atoms with Crippen molar-refractivity contribution < 1.29 is 13.2 Å². The molecule has 1 aliphatic rings. The van der Waals surface area contributed by atoms with Gasteiger partial charge >= 0.3 is 0 Å². The molecular formula is C15H24N2O3S2. The van der Waals surface area contributed by atoms with Crippen LogP contribution < -0.4 is 5.32 Å². The Labute approximate surface area is 136 Å². The lowest BCUT2D eigenvalue weighted by molar-refractivity contribution is -0.126. The maximum atomic E-state index is 12.4. The molecule has 0 aromatic carbocycles. The third-order valence-corrected chi connectivity index (χ3v) is 7.04. The Hall–Kier alpha value is -0.920. The van der Waals surface area contributed by atoms with Crippen LogP contribution in [0.25, 0.3) is 0 Å². The summed E-state index contributed by atoms with van der Waals surface area (Å²) >= 11 is 1.61. The molecule has 1 N–H and O–H groups in total. The van der Waals surface area contributed by atoms with Crippen LogP contribution in [-0.2, 0) is 14.8 Å². The molecule has 1 aromatic rings. The number of nitrogens with one attached hydrogen (secondary N) is 1. The van der Waals surface area contributed by atoms with Crippen LogP contribution in [0.1, 0.15) is 44.0 Å². The molecule has 0 bridgehead atoms. The Morgan fingerprint density at radius 3 is 2.95 bits per heavy atom. The van der Waals surface area contributed by atoms with E-state index < -0.39 is 10.0 Å². The van der Waals surface area contributed by atoms with Crippen LogP contribution in [0.5, 0.6) is 0 Å². The summed E-state index contributed by atoms with van der Waals surface area (Å²) in [6.07, 6.45) is 2.10. The molecule has 124 valence electrons. The van der Waals surface area contributed by atoms with Gasteiger partial charge in [0.1, 0.15) is 0 Å². The van der Waals surface area contributed by atoms with E-state index in [2.05, 4.69) is 5.32 Å². The predicted molar refractivity (Wildman–Crippen MR) is 89.3 cm³/mol. The smallest absolute Gasteiger partial charge is 0.224 e. The molecule has 2 rings (SSSR count). The van der Waals surface area contributed by atoms with E-state index >= 15 is 0 Å². The van der Waals surface area contributed by atoms with E-state index in [-0.39, 0.29) is 23.6 Å². The topological polar surface area (TPSA) is 66.5 Å². The Morgan fingerprint density at radius 1 is 1.55 bits per heavy atom. The fourth-order valence-electron chi connectivity index (χ4n) is 2.74. The fraction of sp³-hybridized carbons (Fsp3) is 0.667. The molecule has 0 saturated carbocycles. The van der Waals surface area contributed by atoms with Crippen LogP contribution in [0.4, 0.5) is 0 Å². The van der Waals surface area contributed by atoms with Gasteiger partial charge in [0.25, 0.3) is 0 Å². The highest BCUT2D eigenvalue weighted by Gasteiger charge is 2.32. The number of carbonyl (C=O) groups excluding carboxylic acids is 1. The number of amides is 1. The van der Waals surface area contributed by atoms with Crippen molar-refractivity contribution in [1.82, 2.24) is 9.62 Å². The number of rotatable bonds is 6. The molecule has 1 saturated heterocycles. The summed E-state index contributed by atoms with van der Waals surface area (Å²) in [7, 11) is -3.22. The second kappa shape index (κ2) is 7.57. The van der Waals surface area contributed by atoms with Crippen molar-refractivity contribution in [1.29, 1.82) is 0 Å². The van der Waals surface area contributed by atoms with Crippen molar-refractivity contribution in [3.63, 3.8) is 0 Å². The van der Waals surface area contributed by atoms with Crippen molar-refractivity contribution in [2.24, 2.45) is 5.92 Å². The van der Waals surface area contributed by atoms with Crippen molar-refractivity contribution in [2.45, 2.75) is 39.2 Å². The first kappa shape index (κ1) is 17.4. The number of carbonyl (C=O) groups is 1. The molecule has 1 aromatic heterocycles. The molecular weight excluding hydrogens is 320 g/mol. The van der Waals surface area contributed by atoms with Crippen molar-refractivity contribution in [2.75, 3.05) is 18.8 Å². The lowest BCUT2D eigenvalue weighted by Crippen LogP contribution is -2.46. The van der Waals surface area contributed by atoms with Gasteiger partial charge in [-0.15, -0.1) is 11.3 Å². The van der Waals surface area contributed by atoms with E-state index in [9.17, 15) is 13.2 Å². The zero-order valence-electron chi connectivity index (χ0n) is 13.1. The van der Waals surface area contributed by atoms with E-state index in [0.717, 1.165) is 17.7 Å². The third-order valence-electron chi connectivity index (χ3n) is 3.94. The Morgan fingerprint density at radius 2 is 2.32 bits per heavy atom. The summed E-state index contributed by atoms with van der Waals surface area (Å²) in [5.74, 6) is -0.132. The second-order valence-corrected chi connectivity index (χ2v) is 8.83. The van der Waals surface area contributed by atoms with Crippen molar-refractivity contribution >= 4 is 27.3 Å². The van der Waals surface area contributed by atoms with Gasteiger partial charge in [-0.3, -0.25) is 4.79 Å². The van der Waals surface area contributed by atoms with Crippen molar-refractivity contribution in [3.8, 4) is 0 Å². The number of nitrogens with zero attached hydrogens (tertiary/aromatic N) is 1. The summed E-state index contributed by atoms with van der Waals surface area (Å²) in [5, 5.41) is 4.99. The van der Waals surface area contributed by atoms with Crippen LogP contribution in [-0.4, -0.2) is 37.5 Å². The highest BCUT2D eigenvalue weighted by atomic mass is 32.2. The van der Waals surface area contributed by atoms with Crippen molar-refractivity contribution in [3.05, 3.63) is 22.4 Å². The fourth-order valence-corrected chi connectivity index (χ4v) is 5.06. The largest absolute Gasteiger partial charge is 0.348 e. The van der Waals surface area contributed by atoms with Crippen LogP contribution >= 0.6 is 11.3 Å². The number of hydrogen-bond donors (Lipinski definition) is 1. The monoisotopic (exact) mass is 344 g/mol. The van der Waals surface area contributed by atoms with Gasteiger partial charge in [-0.1, -0.05) is 13.0 Å². The Balaban J connectivity index is 1.95. The molecule has 0 aliphatic carbocycles. The van der Waals surface area contributed by atoms with Gasteiger partial charge in [0.05, 0.1) is 17.7 Å². The first-order chi connectivity index (χ1) is 10.4. The van der Waals surface area contributed by atoms with Crippen LogP contribution in [0.2, 0.25) is 0 Å². The third kappa shape index (κ3) is 4.30. The minimum atomic E-state index is -3.22. The summed E-state index contributed by atoms with van der Waals surface area (Å²) < 4.78 is 25.8. The molecule has 22 heavy (non-hydrogen) atoms. The number of sulfonamides is 1. The Bertz CT molecular complexity index is 584. The molecule has 2 atom stereocenters. The lowest BCUT2D eigenvalue weighted by Gasteiger charge is -2.31. The van der Waals surface area contributed by atoms with Gasteiger partial charge in [-0.25, -0.2) is 12.7 Å². The second-order valence-electron chi connectivity index (χ2n) is 5.76. The predicted octanol–water partition coefficient (Wildman–Crippen LogP) is 2.38. The normalized spacial score (nSPS) is 21.5. The number of hydrogen-bond acceptors (Lipinski definition) is 4. The van der Waals surface area contributed by atoms with Gasteiger partial charge in [0.2, 0.25) is 15.9 Å². The quantitative estimate of drug-likeness (QED) is 0.861. The van der Waals surface area contributed by atoms with Crippen LogP contribution in [0.15, 0.2) is 17.5 Å². The molecule has 0 unspecified atom stereocenters. The van der Waals surface area contributed by atoms with E-state index in [1.807, 2.05) is 31.4 Å². The minimum absolute atomic E-state index is 0.0323. The average molecular weight is 345 g/mol.